The summed E-state index contributed by atoms with van der Waals surface area (Å²) in [4.78, 5) is 35.9. The van der Waals surface area contributed by atoms with Gasteiger partial charge in [0.2, 0.25) is 5.91 Å². The fourth-order valence-electron chi connectivity index (χ4n) is 5.66. The van der Waals surface area contributed by atoms with Gasteiger partial charge in [-0.1, -0.05) is 17.7 Å². The molecule has 6 nitrogen and oxygen atoms in total. The minimum absolute atomic E-state index is 0.204. The first kappa shape index (κ1) is 23.5. The average molecular weight is 499 g/mol. The van der Waals surface area contributed by atoms with Gasteiger partial charge in [0.1, 0.15) is 0 Å². The van der Waals surface area contributed by atoms with Crippen molar-refractivity contribution in [3.63, 3.8) is 0 Å². The zero-order valence-corrected chi connectivity index (χ0v) is 21.1. The summed E-state index contributed by atoms with van der Waals surface area (Å²) in [5, 5.41) is 3.58. The number of nitrogens with one attached hydrogen (secondary N) is 1. The van der Waals surface area contributed by atoms with Gasteiger partial charge in [0.25, 0.3) is 5.91 Å². The van der Waals surface area contributed by atoms with Gasteiger partial charge in [0.05, 0.1) is 5.69 Å². The molecule has 1 aromatic carbocycles. The molecule has 3 heterocycles. The summed E-state index contributed by atoms with van der Waals surface area (Å²) < 4.78 is 0. The highest BCUT2D eigenvalue weighted by Gasteiger charge is 2.40. The Balaban J connectivity index is 1.23. The molecule has 3 aliphatic rings. The topological polar surface area (TPSA) is 65.5 Å². The van der Waals surface area contributed by atoms with Crippen LogP contribution in [0.15, 0.2) is 41.4 Å². The van der Waals surface area contributed by atoms with Crippen LogP contribution in [0.5, 0.6) is 0 Å². The largest absolute Gasteiger partial charge is 0.355 e. The van der Waals surface area contributed by atoms with Crippen molar-refractivity contribution in [1.29, 1.82) is 0 Å². The van der Waals surface area contributed by atoms with Gasteiger partial charge in [-0.15, -0.1) is 11.8 Å². The van der Waals surface area contributed by atoms with Crippen molar-refractivity contribution in [2.24, 2.45) is 11.8 Å². The fraction of sp³-hybridized carbons (Fsp3) is 0.500. The molecule has 2 unspecified atom stereocenters. The van der Waals surface area contributed by atoms with Crippen LogP contribution in [0.25, 0.3) is 0 Å². The fourth-order valence-corrected chi connectivity index (χ4v) is 6.25. The molecule has 34 heavy (non-hydrogen) atoms. The molecule has 2 aliphatic heterocycles. The highest BCUT2D eigenvalue weighted by molar-refractivity contribution is 7.98. The number of rotatable bonds is 6. The van der Waals surface area contributed by atoms with Gasteiger partial charge < -0.3 is 15.1 Å². The lowest BCUT2D eigenvalue weighted by Gasteiger charge is -2.35. The van der Waals surface area contributed by atoms with Gasteiger partial charge in [0, 0.05) is 53.8 Å². The van der Waals surface area contributed by atoms with Crippen molar-refractivity contribution in [2.45, 2.75) is 49.5 Å². The Morgan fingerprint density at radius 3 is 2.68 bits per heavy atom. The molecular formula is C26H31ClN4O2S. The van der Waals surface area contributed by atoms with E-state index >= 15 is 0 Å². The first-order valence-electron chi connectivity index (χ1n) is 12.2. The molecule has 3 fully saturated rings. The first-order valence-corrected chi connectivity index (χ1v) is 13.8. The standard InChI is InChI=1S/C26H31ClN4O2S/c1-34-22-14-23(29-26(33)19-3-2-4-20(27)13-19)25(28-15-22)30-9-7-17(8-10-30)12-24(32)31-16-18-5-6-21(31)11-18/h2-4,13-15,17-18,21H,5-12,16H2,1H3,(H,29,33). The van der Waals surface area contributed by atoms with Crippen molar-refractivity contribution in [3.8, 4) is 0 Å². The minimum atomic E-state index is -0.204. The number of carbonyl (C=O) groups excluding carboxylic acids is 2. The Hall–Kier alpha value is -2.25. The van der Waals surface area contributed by atoms with E-state index in [1.165, 1.54) is 19.3 Å². The summed E-state index contributed by atoms with van der Waals surface area (Å²) in [7, 11) is 0. The summed E-state index contributed by atoms with van der Waals surface area (Å²) >= 11 is 7.66. The van der Waals surface area contributed by atoms with Crippen LogP contribution in [0.4, 0.5) is 11.5 Å². The third kappa shape index (κ3) is 5.05. The number of piperidine rings is 2. The number of nitrogens with zero attached hydrogens (tertiary/aromatic N) is 3. The lowest BCUT2D eigenvalue weighted by atomic mass is 9.92. The lowest BCUT2D eigenvalue weighted by Crippen LogP contribution is -2.40. The summed E-state index contributed by atoms with van der Waals surface area (Å²) in [6.07, 6.45) is 10.1. The normalized spacial score (nSPS) is 22.3. The second-order valence-electron chi connectivity index (χ2n) is 9.72. The number of hydrogen-bond donors (Lipinski definition) is 1. The molecule has 1 N–H and O–H groups in total. The molecule has 2 saturated heterocycles. The highest BCUT2D eigenvalue weighted by atomic mass is 35.5. The highest BCUT2D eigenvalue weighted by Crippen LogP contribution is 2.38. The van der Waals surface area contributed by atoms with E-state index in [-0.39, 0.29) is 5.91 Å². The van der Waals surface area contributed by atoms with Crippen molar-refractivity contribution in [2.75, 3.05) is 36.1 Å². The van der Waals surface area contributed by atoms with E-state index in [0.29, 0.717) is 40.6 Å². The first-order chi connectivity index (χ1) is 16.5. The zero-order chi connectivity index (χ0) is 23.7. The number of aromatic nitrogens is 1. The van der Waals surface area contributed by atoms with Gasteiger partial charge in [-0.3, -0.25) is 9.59 Å². The van der Waals surface area contributed by atoms with Gasteiger partial charge in [-0.05, 0) is 74.5 Å². The van der Waals surface area contributed by atoms with Crippen LogP contribution in [0.1, 0.15) is 48.9 Å². The third-order valence-corrected chi connectivity index (χ3v) is 8.45. The Morgan fingerprint density at radius 1 is 1.18 bits per heavy atom. The van der Waals surface area contributed by atoms with E-state index in [1.54, 1.807) is 36.0 Å². The Bertz CT molecular complexity index is 1070. The number of pyridine rings is 1. The number of halogens is 1. The lowest BCUT2D eigenvalue weighted by molar-refractivity contribution is -0.134. The Labute approximate surface area is 210 Å². The smallest absolute Gasteiger partial charge is 0.255 e. The number of hydrogen-bond acceptors (Lipinski definition) is 5. The van der Waals surface area contributed by atoms with E-state index in [2.05, 4.69) is 15.1 Å². The molecule has 1 aromatic heterocycles. The second kappa shape index (κ2) is 10.2. The molecule has 2 bridgehead atoms. The minimum Gasteiger partial charge on any atom is -0.355 e. The van der Waals surface area contributed by atoms with Crippen molar-refractivity contribution in [3.05, 3.63) is 47.1 Å². The predicted octanol–water partition coefficient (Wildman–Crippen LogP) is 5.33. The van der Waals surface area contributed by atoms with Crippen LogP contribution < -0.4 is 10.2 Å². The molecule has 2 aromatic rings. The quantitative estimate of drug-likeness (QED) is 0.545. The van der Waals surface area contributed by atoms with E-state index in [9.17, 15) is 9.59 Å². The van der Waals surface area contributed by atoms with E-state index in [0.717, 1.165) is 49.1 Å². The van der Waals surface area contributed by atoms with Gasteiger partial charge >= 0.3 is 0 Å². The van der Waals surface area contributed by atoms with Crippen LogP contribution in [-0.4, -0.2) is 53.6 Å². The number of likely N-dealkylation sites (tertiary alicyclic amines) is 1. The number of amides is 2. The molecule has 180 valence electrons. The zero-order valence-electron chi connectivity index (χ0n) is 19.5. The summed E-state index contributed by atoms with van der Waals surface area (Å²) in [5.74, 6) is 2.09. The van der Waals surface area contributed by atoms with Crippen LogP contribution in [0.3, 0.4) is 0 Å². The van der Waals surface area contributed by atoms with Gasteiger partial charge in [-0.2, -0.15) is 0 Å². The molecule has 5 rings (SSSR count). The van der Waals surface area contributed by atoms with Crippen molar-refractivity contribution in [1.82, 2.24) is 9.88 Å². The summed E-state index contributed by atoms with van der Waals surface area (Å²) in [5.41, 5.74) is 1.22. The van der Waals surface area contributed by atoms with Crippen molar-refractivity contribution < 1.29 is 9.59 Å². The number of thioether (sulfide) groups is 1. The Morgan fingerprint density at radius 2 is 2.00 bits per heavy atom. The molecule has 2 amide bonds. The number of anilines is 2. The number of benzene rings is 1. The molecule has 0 spiro atoms. The third-order valence-electron chi connectivity index (χ3n) is 7.52. The molecule has 8 heteroatoms. The number of carbonyl (C=O) groups is 2. The maximum absolute atomic E-state index is 12.9. The second-order valence-corrected chi connectivity index (χ2v) is 11.0. The molecule has 1 aliphatic carbocycles. The van der Waals surface area contributed by atoms with Crippen LogP contribution in [0.2, 0.25) is 5.02 Å². The van der Waals surface area contributed by atoms with E-state index in [4.69, 9.17) is 16.6 Å². The van der Waals surface area contributed by atoms with Gasteiger partial charge in [-0.25, -0.2) is 4.98 Å². The van der Waals surface area contributed by atoms with Crippen molar-refractivity contribution >= 4 is 46.7 Å². The molecule has 0 radical (unpaired) electrons. The Kier molecular flexibility index (Phi) is 7.02. The maximum atomic E-state index is 12.9. The molecule has 1 saturated carbocycles. The monoisotopic (exact) mass is 498 g/mol. The molecule has 2 atom stereocenters. The summed E-state index contributed by atoms with van der Waals surface area (Å²) in [6.45, 7) is 2.63. The van der Waals surface area contributed by atoms with E-state index < -0.39 is 0 Å². The van der Waals surface area contributed by atoms with Gasteiger partial charge in [0.15, 0.2) is 5.82 Å². The van der Waals surface area contributed by atoms with Crippen LogP contribution in [-0.2, 0) is 4.79 Å². The molecular weight excluding hydrogens is 468 g/mol. The number of fused-ring (bicyclic) bond motifs is 2. The maximum Gasteiger partial charge on any atom is 0.255 e. The van der Waals surface area contributed by atoms with Crippen LogP contribution >= 0.6 is 23.4 Å². The SMILES string of the molecule is CSc1cnc(N2CCC(CC(=O)N3CC4CCC3C4)CC2)c(NC(=O)c2cccc(Cl)c2)c1. The summed E-state index contributed by atoms with van der Waals surface area (Å²) in [6, 6.07) is 9.42. The van der Waals surface area contributed by atoms with Crippen LogP contribution in [0, 0.1) is 11.8 Å². The predicted molar refractivity (Wildman–Crippen MR) is 138 cm³/mol. The van der Waals surface area contributed by atoms with E-state index in [1.807, 2.05) is 18.5 Å². The average Bonchev–Trinajstić information content (AvgIpc) is 3.49.